The van der Waals surface area contributed by atoms with Crippen molar-refractivity contribution in [3.63, 3.8) is 0 Å². The highest BCUT2D eigenvalue weighted by Crippen LogP contribution is 2.34. The molecule has 4 rings (SSSR count). The molecule has 2 heterocycles. The maximum Gasteiger partial charge on any atom is 0.419 e. The molecule has 1 unspecified atom stereocenters. The highest BCUT2D eigenvalue weighted by atomic mass is 19.4. The molecule has 0 saturated carbocycles. The highest BCUT2D eigenvalue weighted by molar-refractivity contribution is 5.88. The largest absolute Gasteiger partial charge is 0.419 e. The lowest BCUT2D eigenvalue weighted by Gasteiger charge is -2.36. The summed E-state index contributed by atoms with van der Waals surface area (Å²) in [6, 6.07) is 8.23. The number of nitrogens with one attached hydrogen (secondary N) is 1. The van der Waals surface area contributed by atoms with Crippen LogP contribution in [0.4, 0.5) is 28.9 Å². The second kappa shape index (κ2) is 9.48. The number of fused-ring (bicyclic) bond motifs is 1. The standard InChI is InChI=1S/C25H25F4N3O2/c1-2-23(33)31-11-4-6-17(15-31)24(34)32-12-10-19-16(14-32)5-3-7-22(19)30-18-8-9-20(21(26)13-18)25(27,28)29/h2-3,5,7-9,13,17,30H,1,4,6,10-12,14-15H2. The van der Waals surface area contributed by atoms with Crippen molar-refractivity contribution in [1.82, 2.24) is 9.80 Å². The molecule has 34 heavy (non-hydrogen) atoms. The van der Waals surface area contributed by atoms with E-state index in [4.69, 9.17) is 0 Å². The molecule has 9 heteroatoms. The second-order valence-electron chi connectivity index (χ2n) is 8.60. The first-order valence-electron chi connectivity index (χ1n) is 11.1. The fourth-order valence-electron chi connectivity index (χ4n) is 4.66. The molecule has 0 radical (unpaired) electrons. The normalized spacial score (nSPS) is 18.3. The number of rotatable bonds is 4. The number of hydrogen-bond donors (Lipinski definition) is 1. The van der Waals surface area contributed by atoms with Crippen LogP contribution in [0.5, 0.6) is 0 Å². The van der Waals surface area contributed by atoms with Crippen molar-refractivity contribution < 1.29 is 27.2 Å². The topological polar surface area (TPSA) is 52.7 Å². The Morgan fingerprint density at radius 2 is 1.91 bits per heavy atom. The summed E-state index contributed by atoms with van der Waals surface area (Å²) in [6.07, 6.45) is -1.45. The molecular formula is C25H25F4N3O2. The predicted molar refractivity (Wildman–Crippen MR) is 120 cm³/mol. The fourth-order valence-corrected chi connectivity index (χ4v) is 4.66. The molecule has 2 amide bonds. The van der Waals surface area contributed by atoms with Crippen LogP contribution in [-0.2, 0) is 28.7 Å². The van der Waals surface area contributed by atoms with Gasteiger partial charge < -0.3 is 15.1 Å². The SMILES string of the molecule is C=CC(=O)N1CCCC(C(=O)N2CCc3c(cccc3Nc3ccc(C(F)(F)F)c(F)c3)C2)C1. The average molecular weight is 475 g/mol. The van der Waals surface area contributed by atoms with Crippen molar-refractivity contribution in [2.75, 3.05) is 25.0 Å². The maximum absolute atomic E-state index is 14.0. The van der Waals surface area contributed by atoms with Crippen molar-refractivity contribution in [2.24, 2.45) is 5.92 Å². The zero-order chi connectivity index (χ0) is 24.5. The van der Waals surface area contributed by atoms with Crippen molar-refractivity contribution in [2.45, 2.75) is 32.0 Å². The van der Waals surface area contributed by atoms with E-state index < -0.39 is 17.6 Å². The Bertz CT molecular complexity index is 1120. The lowest BCUT2D eigenvalue weighted by Crippen LogP contribution is -2.47. The third kappa shape index (κ3) is 4.93. The summed E-state index contributed by atoms with van der Waals surface area (Å²) in [5, 5.41) is 3.02. The molecule has 1 atom stereocenters. The van der Waals surface area contributed by atoms with Crippen molar-refractivity contribution in [3.8, 4) is 0 Å². The van der Waals surface area contributed by atoms with Crippen LogP contribution in [0.1, 0.15) is 29.5 Å². The summed E-state index contributed by atoms with van der Waals surface area (Å²) in [5.74, 6) is -1.75. The zero-order valence-electron chi connectivity index (χ0n) is 18.5. The number of carbonyl (C=O) groups is 2. The first-order chi connectivity index (χ1) is 16.2. The Morgan fingerprint density at radius 3 is 2.62 bits per heavy atom. The Labute approximate surface area is 195 Å². The number of amides is 2. The van der Waals surface area contributed by atoms with Gasteiger partial charge in [-0.3, -0.25) is 9.59 Å². The van der Waals surface area contributed by atoms with Gasteiger partial charge in [0.15, 0.2) is 0 Å². The number of nitrogens with zero attached hydrogens (tertiary/aromatic N) is 2. The molecule has 2 aromatic rings. The summed E-state index contributed by atoms with van der Waals surface area (Å²) >= 11 is 0. The monoisotopic (exact) mass is 475 g/mol. The van der Waals surface area contributed by atoms with Gasteiger partial charge >= 0.3 is 6.18 Å². The van der Waals surface area contributed by atoms with E-state index >= 15 is 0 Å². The van der Waals surface area contributed by atoms with Crippen LogP contribution in [0.3, 0.4) is 0 Å². The molecule has 1 fully saturated rings. The van der Waals surface area contributed by atoms with Gasteiger partial charge in [0.2, 0.25) is 11.8 Å². The van der Waals surface area contributed by atoms with Gasteiger partial charge in [0, 0.05) is 37.6 Å². The number of piperidine rings is 1. The summed E-state index contributed by atoms with van der Waals surface area (Å²) in [4.78, 5) is 28.5. The zero-order valence-corrected chi connectivity index (χ0v) is 18.5. The van der Waals surface area contributed by atoms with Crippen molar-refractivity contribution in [3.05, 3.63) is 71.6 Å². The summed E-state index contributed by atoms with van der Waals surface area (Å²) in [7, 11) is 0. The predicted octanol–water partition coefficient (Wildman–Crippen LogP) is 4.90. The van der Waals surface area contributed by atoms with Crippen LogP contribution in [0.2, 0.25) is 0 Å². The minimum atomic E-state index is -4.75. The van der Waals surface area contributed by atoms with Crippen LogP contribution >= 0.6 is 0 Å². The van der Waals surface area contributed by atoms with Gasteiger partial charge in [-0.15, -0.1) is 0 Å². The molecule has 5 nitrogen and oxygen atoms in total. The van der Waals surface area contributed by atoms with E-state index in [1.165, 1.54) is 12.1 Å². The Kier molecular flexibility index (Phi) is 6.63. The van der Waals surface area contributed by atoms with Gasteiger partial charge in [-0.25, -0.2) is 4.39 Å². The number of hydrogen-bond acceptors (Lipinski definition) is 3. The molecular weight excluding hydrogens is 450 g/mol. The molecule has 2 aromatic carbocycles. The van der Waals surface area contributed by atoms with Crippen LogP contribution in [0.15, 0.2) is 49.1 Å². The molecule has 0 bridgehead atoms. The number of halogens is 4. The van der Waals surface area contributed by atoms with E-state index in [2.05, 4.69) is 11.9 Å². The Morgan fingerprint density at radius 1 is 1.12 bits per heavy atom. The van der Waals surface area contributed by atoms with Gasteiger partial charge in [0.05, 0.1) is 11.5 Å². The summed E-state index contributed by atoms with van der Waals surface area (Å²) < 4.78 is 52.5. The lowest BCUT2D eigenvalue weighted by atomic mass is 9.93. The number of carbonyl (C=O) groups excluding carboxylic acids is 2. The number of likely N-dealkylation sites (tertiary alicyclic amines) is 1. The van der Waals surface area contributed by atoms with E-state index in [1.807, 2.05) is 6.07 Å². The maximum atomic E-state index is 14.0. The van der Waals surface area contributed by atoms with Gasteiger partial charge in [0.1, 0.15) is 5.82 Å². The highest BCUT2D eigenvalue weighted by Gasteiger charge is 2.34. The number of anilines is 2. The van der Waals surface area contributed by atoms with Crippen LogP contribution in [0, 0.1) is 11.7 Å². The second-order valence-corrected chi connectivity index (χ2v) is 8.60. The quantitative estimate of drug-likeness (QED) is 0.506. The van der Waals surface area contributed by atoms with Gasteiger partial charge in [-0.2, -0.15) is 13.2 Å². The van der Waals surface area contributed by atoms with E-state index in [0.717, 1.165) is 36.1 Å². The van der Waals surface area contributed by atoms with Crippen molar-refractivity contribution >= 4 is 23.2 Å². The molecule has 0 aromatic heterocycles. The van der Waals surface area contributed by atoms with Gasteiger partial charge in [-0.1, -0.05) is 18.7 Å². The van der Waals surface area contributed by atoms with E-state index in [1.54, 1.807) is 21.9 Å². The van der Waals surface area contributed by atoms with E-state index in [0.29, 0.717) is 38.3 Å². The fraction of sp³-hybridized carbons (Fsp3) is 0.360. The molecule has 2 aliphatic heterocycles. The first kappa shape index (κ1) is 23.8. The third-order valence-electron chi connectivity index (χ3n) is 6.39. The summed E-state index contributed by atoms with van der Waals surface area (Å²) in [5.41, 5.74) is 1.44. The minimum Gasteiger partial charge on any atom is -0.355 e. The average Bonchev–Trinajstić information content (AvgIpc) is 2.82. The Balaban J connectivity index is 1.47. The summed E-state index contributed by atoms with van der Waals surface area (Å²) in [6.45, 7) is 5.40. The van der Waals surface area contributed by atoms with Crippen LogP contribution in [0.25, 0.3) is 0 Å². The number of benzene rings is 2. The van der Waals surface area contributed by atoms with Gasteiger partial charge in [-0.05, 0) is 60.7 Å². The van der Waals surface area contributed by atoms with Crippen LogP contribution < -0.4 is 5.32 Å². The number of alkyl halides is 3. The molecule has 0 spiro atoms. The molecule has 180 valence electrons. The molecule has 1 saturated heterocycles. The molecule has 0 aliphatic carbocycles. The molecule has 1 N–H and O–H groups in total. The van der Waals surface area contributed by atoms with Crippen LogP contribution in [-0.4, -0.2) is 41.2 Å². The Hall–Kier alpha value is -3.36. The van der Waals surface area contributed by atoms with Crippen molar-refractivity contribution in [1.29, 1.82) is 0 Å². The lowest BCUT2D eigenvalue weighted by molar-refractivity contribution is -0.141. The van der Waals surface area contributed by atoms with Gasteiger partial charge in [0.25, 0.3) is 0 Å². The smallest absolute Gasteiger partial charge is 0.355 e. The first-order valence-corrected chi connectivity index (χ1v) is 11.1. The molecule has 2 aliphatic rings. The van der Waals surface area contributed by atoms with E-state index in [-0.39, 0.29) is 23.4 Å². The third-order valence-corrected chi connectivity index (χ3v) is 6.39. The minimum absolute atomic E-state index is 0.00962. The van der Waals surface area contributed by atoms with E-state index in [9.17, 15) is 27.2 Å².